The summed E-state index contributed by atoms with van der Waals surface area (Å²) in [6.45, 7) is 6.28. The second-order valence-electron chi connectivity index (χ2n) is 37.0. The van der Waals surface area contributed by atoms with E-state index >= 15 is 0 Å². The molecular formula is C98H126N20O31. The zero-order valence-electron chi connectivity index (χ0n) is 82.2. The molecule has 51 heteroatoms. The average molecular weight is 2080 g/mol. The van der Waals surface area contributed by atoms with Crippen molar-refractivity contribution in [1.82, 2.24) is 99.9 Å². The number of rotatable bonds is 61. The summed E-state index contributed by atoms with van der Waals surface area (Å²) in [6.07, 6.45) is -7.57. The van der Waals surface area contributed by atoms with Gasteiger partial charge in [-0.15, -0.1) is 0 Å². The number of likely N-dealkylation sites (tertiary alicyclic amines) is 1. The number of aliphatic carboxylic acids is 6. The van der Waals surface area contributed by atoms with E-state index in [1.807, 2.05) is 0 Å². The Bertz CT molecular complexity index is 5890. The number of aromatic hydroxyl groups is 1. The van der Waals surface area contributed by atoms with Crippen molar-refractivity contribution >= 4 is 164 Å². The number of nitrogens with zero attached hydrogens (tertiary/aromatic N) is 1. The monoisotopic (exact) mass is 2080 g/mol. The van der Waals surface area contributed by atoms with Gasteiger partial charge in [0.15, 0.2) is 0 Å². The molecule has 27 N–H and O–H groups in total. The number of nitrogens with one attached hydrogen (secondary N) is 18. The molecular weight excluding hydrogens is 1950 g/mol. The van der Waals surface area contributed by atoms with Gasteiger partial charge >= 0.3 is 35.8 Å². The number of aromatic amines is 2. The molecule has 4 aromatic carbocycles. The lowest BCUT2D eigenvalue weighted by Crippen LogP contribution is -2.61. The van der Waals surface area contributed by atoms with E-state index in [9.17, 15) is 151 Å². The molecule has 0 aliphatic carbocycles. The topological polar surface area (TPSA) is 805 Å². The van der Waals surface area contributed by atoms with Gasteiger partial charge in [0, 0.05) is 105 Å². The number of fused-ring (bicyclic) bond motifs is 2. The third kappa shape index (κ3) is 38.2. The number of phenols is 1. The second kappa shape index (κ2) is 57.1. The predicted molar refractivity (Wildman–Crippen MR) is 523 cm³/mol. The van der Waals surface area contributed by atoms with Gasteiger partial charge in [0.1, 0.15) is 96.4 Å². The van der Waals surface area contributed by atoms with Crippen LogP contribution in [0.1, 0.15) is 166 Å². The van der Waals surface area contributed by atoms with Gasteiger partial charge in [-0.3, -0.25) is 115 Å². The van der Waals surface area contributed by atoms with Crippen LogP contribution < -0.4 is 90.8 Å². The zero-order chi connectivity index (χ0) is 110. The van der Waals surface area contributed by atoms with Gasteiger partial charge in [0.25, 0.3) is 0 Å². The molecule has 15 unspecified atom stereocenters. The molecule has 2 aromatic heterocycles. The first-order valence-corrected chi connectivity index (χ1v) is 48.2. The minimum Gasteiger partial charge on any atom is -0.508 e. The van der Waals surface area contributed by atoms with E-state index in [-0.39, 0.29) is 81.0 Å². The highest BCUT2D eigenvalue weighted by Crippen LogP contribution is 2.25. The van der Waals surface area contributed by atoms with Crippen LogP contribution in [0.15, 0.2) is 116 Å². The summed E-state index contributed by atoms with van der Waals surface area (Å²) in [6, 6.07) is 1.83. The number of hydrogen-bond donors (Lipinski definition) is 26. The number of nitrogens with two attached hydrogens (primary N) is 1. The van der Waals surface area contributed by atoms with Crippen molar-refractivity contribution in [1.29, 1.82) is 0 Å². The van der Waals surface area contributed by atoms with Crippen molar-refractivity contribution < 1.29 is 151 Å². The van der Waals surface area contributed by atoms with Gasteiger partial charge in [-0.1, -0.05) is 107 Å². The van der Waals surface area contributed by atoms with Crippen LogP contribution in [-0.2, 0) is 141 Å². The maximum Gasteiger partial charge on any atom is 0.305 e. The summed E-state index contributed by atoms with van der Waals surface area (Å²) in [5, 5.41) is 109. The van der Waals surface area contributed by atoms with Crippen LogP contribution in [0.25, 0.3) is 21.8 Å². The fourth-order valence-electron chi connectivity index (χ4n) is 16.5. The number of aromatic nitrogens is 2. The number of benzene rings is 4. The Morgan fingerprint density at radius 2 is 0.738 bits per heavy atom. The van der Waals surface area contributed by atoms with Crippen molar-refractivity contribution in [2.75, 3.05) is 19.6 Å². The van der Waals surface area contributed by atoms with Crippen molar-refractivity contribution in [2.24, 2.45) is 17.6 Å². The van der Waals surface area contributed by atoms with E-state index in [1.165, 1.54) is 29.2 Å². The predicted octanol–water partition coefficient (Wildman–Crippen LogP) is -3.17. The Morgan fingerprint density at radius 1 is 0.369 bits per heavy atom. The summed E-state index contributed by atoms with van der Waals surface area (Å²) < 4.78 is 0. The van der Waals surface area contributed by atoms with E-state index < -0.39 is 323 Å². The molecule has 2 saturated heterocycles. The first-order valence-electron chi connectivity index (χ1n) is 48.2. The molecule has 0 radical (unpaired) electrons. The molecule has 15 atom stereocenters. The van der Waals surface area contributed by atoms with Gasteiger partial charge in [-0.05, 0) is 129 Å². The number of hydrogen-bond acceptors (Lipinski definition) is 25. The van der Waals surface area contributed by atoms with Gasteiger partial charge in [0.05, 0.1) is 19.5 Å². The second-order valence-corrected chi connectivity index (χ2v) is 37.0. The van der Waals surface area contributed by atoms with Crippen molar-refractivity contribution in [3.05, 3.63) is 138 Å². The smallest absolute Gasteiger partial charge is 0.305 e. The van der Waals surface area contributed by atoms with Crippen molar-refractivity contribution in [2.45, 2.75) is 260 Å². The Hall–Kier alpha value is -17.0. The molecule has 804 valence electrons. The van der Waals surface area contributed by atoms with Crippen LogP contribution in [0.4, 0.5) is 0 Å². The van der Waals surface area contributed by atoms with Gasteiger partial charge < -0.3 is 141 Å². The van der Waals surface area contributed by atoms with Crippen LogP contribution in [-0.4, -0.2) is 303 Å². The molecule has 2 fully saturated rings. The number of para-hydroxylation sites is 2. The summed E-state index contributed by atoms with van der Waals surface area (Å²) in [5.41, 5.74) is 8.66. The first-order chi connectivity index (χ1) is 70.6. The lowest BCUT2D eigenvalue weighted by atomic mass is 9.99. The highest BCUT2D eigenvalue weighted by molar-refractivity contribution is 6.03. The molecule has 51 nitrogen and oxygen atoms in total. The number of carbonyl (C=O) groups is 24. The van der Waals surface area contributed by atoms with Gasteiger partial charge in [0.2, 0.25) is 106 Å². The van der Waals surface area contributed by atoms with E-state index in [4.69, 9.17) is 5.73 Å². The fraction of sp³-hybridized carbons (Fsp3) is 0.469. The van der Waals surface area contributed by atoms with Crippen molar-refractivity contribution in [3.63, 3.8) is 0 Å². The Labute approximate surface area is 851 Å². The van der Waals surface area contributed by atoms with Crippen LogP contribution in [0.3, 0.4) is 0 Å². The number of carbonyl (C=O) groups excluding carboxylic acids is 18. The molecule has 6 aromatic rings. The van der Waals surface area contributed by atoms with Crippen LogP contribution in [0.5, 0.6) is 5.75 Å². The molecule has 149 heavy (non-hydrogen) atoms. The highest BCUT2D eigenvalue weighted by Gasteiger charge is 2.42. The quantitative estimate of drug-likeness (QED) is 0.0179. The number of primary amides is 1. The highest BCUT2D eigenvalue weighted by atomic mass is 16.4. The first kappa shape index (κ1) is 117. The lowest BCUT2D eigenvalue weighted by molar-refractivity contribution is -0.141. The average Bonchev–Trinajstić information content (AvgIpc) is 1.68. The number of phenolic OH excluding ortho intramolecular Hbond substituents is 1. The lowest BCUT2D eigenvalue weighted by Gasteiger charge is -2.29. The SMILES string of the molecule is CC(C)CC(NC(=O)C(Cc1c[nH]c2ccccc12)NC(=O)CNC(=O)C(Cc1ccc(O)cc1)NC(=O)C(C)NC(=O)C(CCC(=O)O)NC(=O)C(CCC(=O)O)NC(=O)C(CCC(=O)O)NC(=O)C(CCC(=O)O)NC(=O)C(CCC(=O)O)NC(=O)C(CC(C)C)NC(=O)C(Cc1c[nH]c2ccccc12)NC(=O)C1CCCN1C(=O)CNC(=O)C1CCC(=O)N1)C(=O)NC(CC(=O)O)C(=O)NC(Cc1ccccc1)C(N)=O. The summed E-state index contributed by atoms with van der Waals surface area (Å²) in [4.78, 5) is 334. The fourth-order valence-corrected chi connectivity index (χ4v) is 16.5. The van der Waals surface area contributed by atoms with Crippen LogP contribution in [0.2, 0.25) is 0 Å². The molecule has 0 saturated carbocycles. The molecule has 18 amide bonds. The molecule has 0 bridgehead atoms. The molecule has 2 aliphatic rings. The summed E-state index contributed by atoms with van der Waals surface area (Å²) in [7, 11) is 0. The molecule has 0 spiro atoms. The Balaban J connectivity index is 0.958. The normalized spacial score (nSPS) is 15.8. The minimum absolute atomic E-state index is 0.0743. The largest absolute Gasteiger partial charge is 0.508 e. The van der Waals surface area contributed by atoms with Crippen molar-refractivity contribution in [3.8, 4) is 5.75 Å². The third-order valence-electron chi connectivity index (χ3n) is 24.3. The standard InChI is InChI=1S/C98H126N20O31/c1-49(2)38-68(115-96(147)72(43-55-46-101-60-19-12-10-17-58(55)60)117-98(149)74-20-13-37-118(74)77(122)48-103-86(137)61-25-31-75(120)105-61)93(144)111-66(30-36-82(131)132)92(143)110-65(29-35-81(129)130)91(142)109-64(28-34-80(127)128)90(141)108-63(27-33-79(125)126)89(140)107-62(26-32-78(123)124)88(139)104-51(5)85(136)113-70(41-53-21-23-56(119)24-22-53)87(138)102-47-76(121)106-71(42-54-45-100-59-18-11-9-16-57(54)59)95(146)114-69(39-50(3)4)94(145)116-73(44-83(133)134)97(148)112-67(84(99)135)40-52-14-7-6-8-15-52/h6-12,14-19,21-24,45-46,49-51,61-74,100-101,119H,13,20,25-44,47-48H2,1-5H3,(H2,99,135)(H,102,138)(H,103,137)(H,104,139)(H,105,120)(H,106,121)(H,107,140)(H,108,141)(H,109,142)(H,110,143)(H,111,144)(H,112,148)(H,113,136)(H,114,146)(H,115,147)(H,116,145)(H,117,149)(H,123,124)(H,125,126)(H,127,128)(H,129,130)(H,131,132)(H,133,134). The molecule has 2 aliphatic heterocycles. The number of carboxylic acids is 6. The maximum absolute atomic E-state index is 14.9. The Kier molecular flexibility index (Phi) is 44.9. The van der Waals surface area contributed by atoms with Crippen LogP contribution >= 0.6 is 0 Å². The van der Waals surface area contributed by atoms with E-state index in [2.05, 4.69) is 95.0 Å². The summed E-state index contributed by atoms with van der Waals surface area (Å²) in [5.74, 6) is -29.7. The molecule has 8 rings (SSSR count). The van der Waals surface area contributed by atoms with Crippen LogP contribution in [0, 0.1) is 11.8 Å². The van der Waals surface area contributed by atoms with Gasteiger partial charge in [-0.2, -0.15) is 0 Å². The van der Waals surface area contributed by atoms with E-state index in [0.29, 0.717) is 44.9 Å². The molecule has 4 heterocycles. The minimum atomic E-state index is -2.14. The summed E-state index contributed by atoms with van der Waals surface area (Å²) >= 11 is 0. The number of amides is 18. The van der Waals surface area contributed by atoms with E-state index in [1.54, 1.807) is 119 Å². The zero-order valence-corrected chi connectivity index (χ0v) is 82.2. The maximum atomic E-state index is 14.9. The van der Waals surface area contributed by atoms with E-state index in [0.717, 1.165) is 6.92 Å². The number of carboxylic acid groups (broad SMARTS) is 6. The Morgan fingerprint density at radius 3 is 1.16 bits per heavy atom. The number of H-pyrrole nitrogens is 2. The third-order valence-corrected chi connectivity index (χ3v) is 24.3. The van der Waals surface area contributed by atoms with Gasteiger partial charge in [-0.25, -0.2) is 0 Å².